The van der Waals surface area contributed by atoms with E-state index in [9.17, 15) is 0 Å². The van der Waals surface area contributed by atoms with Crippen molar-refractivity contribution in [2.24, 2.45) is 0 Å². The van der Waals surface area contributed by atoms with E-state index in [0.717, 1.165) is 30.9 Å². The molecule has 5 heteroatoms. The topological polar surface area (TPSA) is 60.0 Å². The van der Waals surface area contributed by atoms with Gasteiger partial charge in [0.05, 0.1) is 18.2 Å². The summed E-state index contributed by atoms with van der Waals surface area (Å²) in [6.45, 7) is 9.68. The third kappa shape index (κ3) is 2.99. The number of rotatable bonds is 6. The van der Waals surface area contributed by atoms with E-state index >= 15 is 0 Å². The SMILES string of the molecule is CCN(CC)CC(C)n1cncc1-c1cccnc1N. The molecule has 2 heterocycles. The van der Waals surface area contributed by atoms with E-state index in [4.69, 9.17) is 5.73 Å². The van der Waals surface area contributed by atoms with E-state index in [1.54, 1.807) is 6.20 Å². The lowest BCUT2D eigenvalue weighted by atomic mass is 10.2. The Kier molecular flexibility index (Phi) is 4.74. The standard InChI is InChI=1S/C15H23N5/c1-4-19(5-2)10-12(3)20-11-17-9-14(20)13-7-6-8-18-15(13)16/h6-9,11-12H,4-5,10H2,1-3H3,(H2,16,18). The highest BCUT2D eigenvalue weighted by molar-refractivity contribution is 5.70. The molecule has 0 fully saturated rings. The Morgan fingerprint density at radius 1 is 1.35 bits per heavy atom. The lowest BCUT2D eigenvalue weighted by Crippen LogP contribution is -2.29. The molecule has 0 amide bonds. The van der Waals surface area contributed by atoms with Crippen LogP contribution in [0.3, 0.4) is 0 Å². The smallest absolute Gasteiger partial charge is 0.132 e. The van der Waals surface area contributed by atoms with Crippen molar-refractivity contribution < 1.29 is 0 Å². The van der Waals surface area contributed by atoms with E-state index < -0.39 is 0 Å². The maximum absolute atomic E-state index is 5.97. The lowest BCUT2D eigenvalue weighted by Gasteiger charge is -2.25. The number of pyridine rings is 1. The average Bonchev–Trinajstić information content (AvgIpc) is 2.94. The van der Waals surface area contributed by atoms with Crippen LogP contribution < -0.4 is 5.73 Å². The minimum atomic E-state index is 0.340. The predicted octanol–water partition coefficient (Wildman–Crippen LogP) is 2.43. The largest absolute Gasteiger partial charge is 0.383 e. The Bertz CT molecular complexity index is 545. The van der Waals surface area contributed by atoms with Gasteiger partial charge in [0.25, 0.3) is 0 Å². The normalized spacial score (nSPS) is 12.8. The van der Waals surface area contributed by atoms with Crippen molar-refractivity contribution in [2.75, 3.05) is 25.4 Å². The quantitative estimate of drug-likeness (QED) is 0.878. The number of anilines is 1. The summed E-state index contributed by atoms with van der Waals surface area (Å²) in [5.74, 6) is 0.546. The van der Waals surface area contributed by atoms with Crippen LogP contribution in [-0.4, -0.2) is 39.1 Å². The molecular weight excluding hydrogens is 250 g/mol. The molecule has 108 valence electrons. The van der Waals surface area contributed by atoms with Crippen LogP contribution >= 0.6 is 0 Å². The van der Waals surface area contributed by atoms with Crippen LogP contribution in [0.2, 0.25) is 0 Å². The van der Waals surface area contributed by atoms with E-state index in [0.29, 0.717) is 11.9 Å². The number of hydrogen-bond acceptors (Lipinski definition) is 4. The summed E-state index contributed by atoms with van der Waals surface area (Å²) in [5, 5.41) is 0. The molecule has 0 aromatic carbocycles. The third-order valence-electron chi connectivity index (χ3n) is 3.67. The number of hydrogen-bond donors (Lipinski definition) is 1. The molecule has 0 saturated heterocycles. The second kappa shape index (κ2) is 6.52. The lowest BCUT2D eigenvalue weighted by molar-refractivity contribution is 0.262. The molecule has 2 aromatic rings. The van der Waals surface area contributed by atoms with Crippen LogP contribution in [-0.2, 0) is 0 Å². The van der Waals surface area contributed by atoms with Crippen molar-refractivity contribution >= 4 is 5.82 Å². The van der Waals surface area contributed by atoms with Crippen LogP contribution in [0.15, 0.2) is 30.9 Å². The van der Waals surface area contributed by atoms with E-state index in [1.165, 1.54) is 0 Å². The maximum atomic E-state index is 5.97. The first-order chi connectivity index (χ1) is 9.67. The van der Waals surface area contributed by atoms with Gasteiger partial charge in [-0.25, -0.2) is 9.97 Å². The summed E-state index contributed by atoms with van der Waals surface area (Å²) in [6.07, 6.45) is 5.43. The van der Waals surface area contributed by atoms with Gasteiger partial charge >= 0.3 is 0 Å². The van der Waals surface area contributed by atoms with Gasteiger partial charge in [0.2, 0.25) is 0 Å². The fourth-order valence-electron chi connectivity index (χ4n) is 2.44. The van der Waals surface area contributed by atoms with Crippen LogP contribution in [0.5, 0.6) is 0 Å². The number of nitrogens with two attached hydrogens (primary N) is 1. The minimum absolute atomic E-state index is 0.340. The average molecular weight is 273 g/mol. The Hall–Kier alpha value is -1.88. The summed E-state index contributed by atoms with van der Waals surface area (Å²) < 4.78 is 2.17. The van der Waals surface area contributed by atoms with Crippen LogP contribution in [0.1, 0.15) is 26.8 Å². The summed E-state index contributed by atoms with van der Waals surface area (Å²) in [7, 11) is 0. The Labute approximate surface area is 120 Å². The molecule has 0 saturated carbocycles. The molecule has 2 aromatic heterocycles. The van der Waals surface area contributed by atoms with Gasteiger partial charge in [0.1, 0.15) is 5.82 Å². The zero-order valence-corrected chi connectivity index (χ0v) is 12.5. The van der Waals surface area contributed by atoms with Crippen LogP contribution in [0.25, 0.3) is 11.3 Å². The molecule has 0 radical (unpaired) electrons. The zero-order chi connectivity index (χ0) is 14.5. The van der Waals surface area contributed by atoms with Crippen molar-refractivity contribution in [1.82, 2.24) is 19.4 Å². The van der Waals surface area contributed by atoms with Crippen molar-refractivity contribution in [3.05, 3.63) is 30.9 Å². The molecule has 0 aliphatic heterocycles. The molecule has 20 heavy (non-hydrogen) atoms. The van der Waals surface area contributed by atoms with Gasteiger partial charge in [0.15, 0.2) is 0 Å². The van der Waals surface area contributed by atoms with Crippen molar-refractivity contribution in [1.29, 1.82) is 0 Å². The minimum Gasteiger partial charge on any atom is -0.383 e. The first-order valence-corrected chi connectivity index (χ1v) is 7.12. The summed E-state index contributed by atoms with van der Waals surface area (Å²) in [6, 6.07) is 4.23. The molecule has 0 bridgehead atoms. The molecule has 1 unspecified atom stereocenters. The molecule has 2 rings (SSSR count). The van der Waals surface area contributed by atoms with Gasteiger partial charge in [-0.15, -0.1) is 0 Å². The van der Waals surface area contributed by atoms with Gasteiger partial charge in [0, 0.05) is 24.3 Å². The molecule has 5 nitrogen and oxygen atoms in total. The van der Waals surface area contributed by atoms with E-state index in [-0.39, 0.29) is 0 Å². The molecular formula is C15H23N5. The molecule has 2 N–H and O–H groups in total. The molecule has 0 aliphatic carbocycles. The highest BCUT2D eigenvalue weighted by atomic mass is 15.2. The van der Waals surface area contributed by atoms with Crippen LogP contribution in [0.4, 0.5) is 5.82 Å². The fourth-order valence-corrected chi connectivity index (χ4v) is 2.44. The number of aromatic nitrogens is 3. The number of nitrogen functional groups attached to an aromatic ring is 1. The summed E-state index contributed by atoms with van der Waals surface area (Å²) >= 11 is 0. The van der Waals surface area contributed by atoms with Gasteiger partial charge in [-0.3, -0.25) is 0 Å². The van der Waals surface area contributed by atoms with Gasteiger partial charge in [-0.05, 0) is 32.1 Å². The maximum Gasteiger partial charge on any atom is 0.132 e. The first kappa shape index (κ1) is 14.5. The highest BCUT2D eigenvalue weighted by Crippen LogP contribution is 2.26. The number of nitrogens with zero attached hydrogens (tertiary/aromatic N) is 4. The van der Waals surface area contributed by atoms with Crippen molar-refractivity contribution in [3.8, 4) is 11.3 Å². The second-order valence-corrected chi connectivity index (χ2v) is 4.96. The van der Waals surface area contributed by atoms with Gasteiger partial charge in [-0.1, -0.05) is 13.8 Å². The first-order valence-electron chi connectivity index (χ1n) is 7.12. The second-order valence-electron chi connectivity index (χ2n) is 4.96. The number of imidazole rings is 1. The molecule has 1 atom stereocenters. The van der Waals surface area contributed by atoms with Crippen LogP contribution in [0, 0.1) is 0 Å². The summed E-state index contributed by atoms with van der Waals surface area (Å²) in [4.78, 5) is 10.8. The predicted molar refractivity (Wildman–Crippen MR) is 82.4 cm³/mol. The number of likely N-dealkylation sites (N-methyl/N-ethyl adjacent to an activating group) is 1. The summed E-state index contributed by atoms with van der Waals surface area (Å²) in [5.41, 5.74) is 7.94. The Morgan fingerprint density at radius 3 is 2.75 bits per heavy atom. The van der Waals surface area contributed by atoms with Crippen molar-refractivity contribution in [2.45, 2.75) is 26.8 Å². The van der Waals surface area contributed by atoms with Crippen molar-refractivity contribution in [3.63, 3.8) is 0 Å². The van der Waals surface area contributed by atoms with E-state index in [2.05, 4.69) is 40.2 Å². The third-order valence-corrected chi connectivity index (χ3v) is 3.67. The zero-order valence-electron chi connectivity index (χ0n) is 12.5. The van der Waals surface area contributed by atoms with Gasteiger partial charge in [-0.2, -0.15) is 0 Å². The molecule has 0 aliphatic rings. The van der Waals surface area contributed by atoms with E-state index in [1.807, 2.05) is 24.7 Å². The fraction of sp³-hybridized carbons (Fsp3) is 0.467. The molecule has 0 spiro atoms. The van der Waals surface area contributed by atoms with Gasteiger partial charge < -0.3 is 15.2 Å². The highest BCUT2D eigenvalue weighted by Gasteiger charge is 2.15. The Morgan fingerprint density at radius 2 is 2.10 bits per heavy atom. The monoisotopic (exact) mass is 273 g/mol. The Balaban J connectivity index is 2.27.